The highest BCUT2D eigenvalue weighted by molar-refractivity contribution is 7.56. The first-order chi connectivity index (χ1) is 5.60. The van der Waals surface area contributed by atoms with Crippen LogP contribution in [-0.2, 0) is 13.6 Å². The number of hydrogen-bond donors (Lipinski definition) is 0. The van der Waals surface area contributed by atoms with Crippen LogP contribution in [0.3, 0.4) is 0 Å². The van der Waals surface area contributed by atoms with Crippen LogP contribution >= 0.6 is 19.2 Å². The third-order valence-electron chi connectivity index (χ3n) is 1.30. The maximum atomic E-state index is 11.8. The molecule has 0 aromatic carbocycles. The molecule has 1 unspecified atom stereocenters. The Morgan fingerprint density at radius 1 is 1.25 bits per heavy atom. The summed E-state index contributed by atoms with van der Waals surface area (Å²) in [6, 6.07) is 0. The molecule has 0 N–H and O–H groups in total. The molecule has 0 spiro atoms. The first-order valence-corrected chi connectivity index (χ1v) is 6.18. The molecular weight excluding hydrogens is 199 g/mol. The van der Waals surface area contributed by atoms with Crippen LogP contribution in [0.5, 0.6) is 0 Å². The third kappa shape index (κ3) is 3.44. The second-order valence-corrected chi connectivity index (χ2v) is 5.27. The van der Waals surface area contributed by atoms with E-state index < -0.39 is 12.7 Å². The standard InChI is InChI=1S/C7H16ClO3P/c1-4-7(8)12(9,10-5-2)11-6-3/h7H,4-6H2,1-3H3. The summed E-state index contributed by atoms with van der Waals surface area (Å²) in [6.45, 7) is 6.11. The minimum absolute atomic E-state index is 0.362. The molecule has 0 fully saturated rings. The van der Waals surface area contributed by atoms with Crippen LogP contribution in [0.2, 0.25) is 0 Å². The zero-order valence-electron chi connectivity index (χ0n) is 7.75. The molecular formula is C7H16ClO3P. The van der Waals surface area contributed by atoms with E-state index in [2.05, 4.69) is 0 Å². The quantitative estimate of drug-likeness (QED) is 0.503. The van der Waals surface area contributed by atoms with Crippen molar-refractivity contribution >= 4 is 19.2 Å². The van der Waals surface area contributed by atoms with Gasteiger partial charge >= 0.3 is 7.60 Å². The normalized spacial score (nSPS) is 14.7. The van der Waals surface area contributed by atoms with Gasteiger partial charge in [-0.25, -0.2) is 0 Å². The fourth-order valence-corrected chi connectivity index (χ4v) is 2.69. The van der Waals surface area contributed by atoms with Crippen LogP contribution in [0.15, 0.2) is 0 Å². The molecule has 3 nitrogen and oxygen atoms in total. The molecule has 0 amide bonds. The van der Waals surface area contributed by atoms with Crippen molar-refractivity contribution in [1.29, 1.82) is 0 Å². The van der Waals surface area contributed by atoms with Gasteiger partial charge in [-0.05, 0) is 20.3 Å². The molecule has 0 heterocycles. The molecule has 74 valence electrons. The topological polar surface area (TPSA) is 35.5 Å². The molecule has 0 radical (unpaired) electrons. The highest BCUT2D eigenvalue weighted by Crippen LogP contribution is 2.55. The van der Waals surface area contributed by atoms with Crippen LogP contribution in [-0.4, -0.2) is 18.3 Å². The Kier molecular flexibility index (Phi) is 6.20. The molecule has 5 heteroatoms. The van der Waals surface area contributed by atoms with E-state index in [0.29, 0.717) is 19.6 Å². The van der Waals surface area contributed by atoms with Crippen molar-refractivity contribution in [3.8, 4) is 0 Å². The van der Waals surface area contributed by atoms with Gasteiger partial charge in [0.05, 0.1) is 13.2 Å². The Morgan fingerprint density at radius 3 is 1.92 bits per heavy atom. The van der Waals surface area contributed by atoms with E-state index in [9.17, 15) is 4.57 Å². The van der Waals surface area contributed by atoms with E-state index >= 15 is 0 Å². The monoisotopic (exact) mass is 214 g/mol. The largest absolute Gasteiger partial charge is 0.348 e. The van der Waals surface area contributed by atoms with Gasteiger partial charge < -0.3 is 9.05 Å². The molecule has 12 heavy (non-hydrogen) atoms. The van der Waals surface area contributed by atoms with E-state index in [0.717, 1.165) is 0 Å². The van der Waals surface area contributed by atoms with Gasteiger partial charge in [0.1, 0.15) is 5.12 Å². The summed E-state index contributed by atoms with van der Waals surface area (Å²) in [6.07, 6.45) is 0.582. The first kappa shape index (κ1) is 12.4. The van der Waals surface area contributed by atoms with E-state index in [-0.39, 0.29) is 0 Å². The Bertz CT molecular complexity index is 153. The minimum atomic E-state index is -3.04. The van der Waals surface area contributed by atoms with E-state index in [1.807, 2.05) is 6.92 Å². The summed E-state index contributed by atoms with van der Waals surface area (Å²) in [7, 11) is -3.04. The lowest BCUT2D eigenvalue weighted by atomic mass is 10.6. The third-order valence-corrected chi connectivity index (χ3v) is 4.61. The zero-order chi connectivity index (χ0) is 9.61. The summed E-state index contributed by atoms with van der Waals surface area (Å²) < 4.78 is 21.8. The second kappa shape index (κ2) is 5.98. The van der Waals surface area contributed by atoms with Crippen LogP contribution in [0, 0.1) is 0 Å². The average molecular weight is 215 g/mol. The molecule has 0 aliphatic carbocycles. The minimum Gasteiger partial charge on any atom is -0.308 e. The number of hydrogen-bond acceptors (Lipinski definition) is 3. The maximum Gasteiger partial charge on any atom is 0.348 e. The molecule has 0 saturated heterocycles. The number of rotatable bonds is 6. The summed E-state index contributed by atoms with van der Waals surface area (Å²) in [4.78, 5) is 0. The van der Waals surface area contributed by atoms with Crippen molar-refractivity contribution in [3.05, 3.63) is 0 Å². The Morgan fingerprint density at radius 2 is 1.67 bits per heavy atom. The van der Waals surface area contributed by atoms with Crippen LogP contribution in [0.4, 0.5) is 0 Å². The molecule has 0 aliphatic rings. The van der Waals surface area contributed by atoms with Gasteiger partial charge in [0.15, 0.2) is 0 Å². The van der Waals surface area contributed by atoms with Crippen molar-refractivity contribution < 1.29 is 13.6 Å². The number of halogens is 1. The van der Waals surface area contributed by atoms with Crippen molar-refractivity contribution in [1.82, 2.24) is 0 Å². The maximum absolute atomic E-state index is 11.8. The van der Waals surface area contributed by atoms with Gasteiger partial charge in [-0.3, -0.25) is 4.57 Å². The van der Waals surface area contributed by atoms with Crippen molar-refractivity contribution in [2.45, 2.75) is 32.3 Å². The van der Waals surface area contributed by atoms with Crippen LogP contribution in [0.1, 0.15) is 27.2 Å². The van der Waals surface area contributed by atoms with Crippen LogP contribution < -0.4 is 0 Å². The molecule has 0 rings (SSSR count). The Labute approximate surface area is 78.9 Å². The van der Waals surface area contributed by atoms with Crippen molar-refractivity contribution in [2.24, 2.45) is 0 Å². The fraction of sp³-hybridized carbons (Fsp3) is 1.00. The van der Waals surface area contributed by atoms with Gasteiger partial charge in [-0.15, -0.1) is 11.6 Å². The summed E-state index contributed by atoms with van der Waals surface area (Å²) in [5.74, 6) is 0. The molecule has 1 atom stereocenters. The number of alkyl halides is 1. The zero-order valence-corrected chi connectivity index (χ0v) is 9.40. The predicted molar refractivity (Wildman–Crippen MR) is 50.8 cm³/mol. The average Bonchev–Trinajstić information content (AvgIpc) is 2.04. The molecule has 0 aromatic rings. The van der Waals surface area contributed by atoms with E-state index in [4.69, 9.17) is 20.6 Å². The molecule has 0 saturated carbocycles. The van der Waals surface area contributed by atoms with Crippen molar-refractivity contribution in [3.63, 3.8) is 0 Å². The smallest absolute Gasteiger partial charge is 0.308 e. The Balaban J connectivity index is 4.27. The highest BCUT2D eigenvalue weighted by atomic mass is 35.5. The summed E-state index contributed by atoms with van der Waals surface area (Å²) >= 11 is 5.82. The second-order valence-electron chi connectivity index (χ2n) is 2.22. The van der Waals surface area contributed by atoms with Gasteiger partial charge in [0.25, 0.3) is 0 Å². The predicted octanol–water partition coefficient (Wildman–Crippen LogP) is 3.23. The van der Waals surface area contributed by atoms with Crippen molar-refractivity contribution in [2.75, 3.05) is 13.2 Å². The van der Waals surface area contributed by atoms with Gasteiger partial charge in [-0.2, -0.15) is 0 Å². The SMILES string of the molecule is CCOP(=O)(OCC)C(Cl)CC. The fourth-order valence-electron chi connectivity index (χ4n) is 0.783. The molecule has 0 aromatic heterocycles. The molecule has 0 bridgehead atoms. The van der Waals surface area contributed by atoms with E-state index in [1.165, 1.54) is 0 Å². The first-order valence-electron chi connectivity index (χ1n) is 4.13. The lowest BCUT2D eigenvalue weighted by Gasteiger charge is -2.20. The lowest BCUT2D eigenvalue weighted by Crippen LogP contribution is -2.06. The lowest BCUT2D eigenvalue weighted by molar-refractivity contribution is 0.217. The highest BCUT2D eigenvalue weighted by Gasteiger charge is 2.32. The van der Waals surface area contributed by atoms with Gasteiger partial charge in [0.2, 0.25) is 0 Å². The summed E-state index contributed by atoms with van der Waals surface area (Å²) in [5, 5.41) is -0.530. The van der Waals surface area contributed by atoms with Crippen LogP contribution in [0.25, 0.3) is 0 Å². The van der Waals surface area contributed by atoms with Gasteiger partial charge in [0, 0.05) is 0 Å². The Hall–Kier alpha value is 0.440. The summed E-state index contributed by atoms with van der Waals surface area (Å²) in [5.41, 5.74) is 0. The molecule has 0 aliphatic heterocycles. The van der Waals surface area contributed by atoms with Gasteiger partial charge in [-0.1, -0.05) is 6.92 Å². The van der Waals surface area contributed by atoms with E-state index in [1.54, 1.807) is 13.8 Å².